The zero-order valence-corrected chi connectivity index (χ0v) is 7.53. The van der Waals surface area contributed by atoms with Crippen LogP contribution in [0.1, 0.15) is 10.4 Å². The number of nitrogens with zero attached hydrogens (tertiary/aromatic N) is 3. The van der Waals surface area contributed by atoms with Crippen molar-refractivity contribution < 1.29 is 15.0 Å². The number of rotatable bonds is 2. The summed E-state index contributed by atoms with van der Waals surface area (Å²) in [6.45, 7) is 0. The number of aromatic hydroxyl groups is 1. The highest BCUT2D eigenvalue weighted by molar-refractivity contribution is 5.91. The van der Waals surface area contributed by atoms with Crippen molar-refractivity contribution in [3.05, 3.63) is 36.4 Å². The molecule has 0 amide bonds. The molecule has 2 rings (SSSR count). The van der Waals surface area contributed by atoms with Gasteiger partial charge in [0, 0.05) is 6.07 Å². The molecule has 15 heavy (non-hydrogen) atoms. The molecule has 1 heterocycles. The largest absolute Gasteiger partial charge is 0.507 e. The van der Waals surface area contributed by atoms with E-state index in [2.05, 4.69) is 10.2 Å². The van der Waals surface area contributed by atoms with E-state index in [-0.39, 0.29) is 11.3 Å². The van der Waals surface area contributed by atoms with Crippen molar-refractivity contribution in [2.24, 2.45) is 0 Å². The van der Waals surface area contributed by atoms with Crippen molar-refractivity contribution >= 4 is 5.97 Å². The van der Waals surface area contributed by atoms with Crippen LogP contribution in [0.25, 0.3) is 5.69 Å². The predicted octanol–water partition coefficient (Wildman–Crippen LogP) is 0.671. The van der Waals surface area contributed by atoms with Crippen LogP contribution in [0.2, 0.25) is 0 Å². The van der Waals surface area contributed by atoms with E-state index in [9.17, 15) is 9.90 Å². The van der Waals surface area contributed by atoms with Crippen LogP contribution in [0, 0.1) is 0 Å². The third-order valence-corrected chi connectivity index (χ3v) is 1.93. The lowest BCUT2D eigenvalue weighted by atomic mass is 10.2. The van der Waals surface area contributed by atoms with Gasteiger partial charge in [0.15, 0.2) is 0 Å². The summed E-state index contributed by atoms with van der Waals surface area (Å²) in [6, 6.07) is 4.23. The van der Waals surface area contributed by atoms with Crippen molar-refractivity contribution in [3.63, 3.8) is 0 Å². The molecule has 1 aromatic carbocycles. The number of carboxylic acid groups (broad SMARTS) is 1. The maximum absolute atomic E-state index is 10.6. The first kappa shape index (κ1) is 9.20. The first-order valence-electron chi connectivity index (χ1n) is 4.10. The molecule has 0 atom stereocenters. The Morgan fingerprint density at radius 1 is 1.27 bits per heavy atom. The highest BCUT2D eigenvalue weighted by Crippen LogP contribution is 2.20. The van der Waals surface area contributed by atoms with E-state index in [0.717, 1.165) is 0 Å². The fourth-order valence-corrected chi connectivity index (χ4v) is 1.20. The van der Waals surface area contributed by atoms with E-state index in [1.54, 1.807) is 10.6 Å². The van der Waals surface area contributed by atoms with E-state index in [1.165, 1.54) is 24.8 Å². The molecule has 0 aliphatic heterocycles. The van der Waals surface area contributed by atoms with Crippen LogP contribution in [-0.2, 0) is 0 Å². The molecule has 0 spiro atoms. The molecule has 76 valence electrons. The molecule has 6 heteroatoms. The standard InChI is InChI=1S/C9H7N3O3/c13-8-3-6(12-4-10-11-5-12)1-2-7(8)9(14)15/h1-5,13H,(H,14,15). The summed E-state index contributed by atoms with van der Waals surface area (Å²) < 4.78 is 1.56. The van der Waals surface area contributed by atoms with Gasteiger partial charge in [0.1, 0.15) is 24.0 Å². The van der Waals surface area contributed by atoms with Gasteiger partial charge in [-0.3, -0.25) is 4.57 Å². The van der Waals surface area contributed by atoms with E-state index >= 15 is 0 Å². The minimum atomic E-state index is -1.16. The van der Waals surface area contributed by atoms with Gasteiger partial charge in [-0.15, -0.1) is 10.2 Å². The molecule has 0 aliphatic carbocycles. The van der Waals surface area contributed by atoms with Crippen LogP contribution >= 0.6 is 0 Å². The van der Waals surface area contributed by atoms with E-state index < -0.39 is 5.97 Å². The number of hydrogen-bond donors (Lipinski definition) is 2. The van der Waals surface area contributed by atoms with Crippen molar-refractivity contribution in [3.8, 4) is 11.4 Å². The average molecular weight is 205 g/mol. The molecule has 6 nitrogen and oxygen atoms in total. The molecule has 1 aromatic heterocycles. The summed E-state index contributed by atoms with van der Waals surface area (Å²) in [6.07, 6.45) is 2.91. The van der Waals surface area contributed by atoms with Crippen LogP contribution in [0.5, 0.6) is 5.75 Å². The Labute approximate surface area is 84.4 Å². The molecule has 2 aromatic rings. The molecule has 0 bridgehead atoms. The van der Waals surface area contributed by atoms with Gasteiger partial charge >= 0.3 is 5.97 Å². The average Bonchev–Trinajstić information content (AvgIpc) is 2.69. The number of carboxylic acids is 1. The van der Waals surface area contributed by atoms with Gasteiger partial charge < -0.3 is 10.2 Å². The topological polar surface area (TPSA) is 88.2 Å². The van der Waals surface area contributed by atoms with Gasteiger partial charge in [-0.25, -0.2) is 4.79 Å². The van der Waals surface area contributed by atoms with E-state index in [0.29, 0.717) is 5.69 Å². The normalized spacial score (nSPS) is 10.1. The smallest absolute Gasteiger partial charge is 0.339 e. The maximum Gasteiger partial charge on any atom is 0.339 e. The third kappa shape index (κ3) is 1.64. The predicted molar refractivity (Wildman–Crippen MR) is 50.0 cm³/mol. The van der Waals surface area contributed by atoms with Crippen LogP contribution in [-0.4, -0.2) is 30.9 Å². The Kier molecular flexibility index (Phi) is 2.09. The summed E-state index contributed by atoms with van der Waals surface area (Å²) in [5.74, 6) is -1.45. The SMILES string of the molecule is O=C(O)c1ccc(-n2cnnc2)cc1O. The zero-order chi connectivity index (χ0) is 10.8. The first-order chi connectivity index (χ1) is 7.18. The lowest BCUT2D eigenvalue weighted by Crippen LogP contribution is -1.98. The highest BCUT2D eigenvalue weighted by Gasteiger charge is 2.09. The summed E-state index contributed by atoms with van der Waals surface area (Å²) in [5, 5.41) is 25.3. The van der Waals surface area contributed by atoms with Crippen LogP contribution in [0.3, 0.4) is 0 Å². The first-order valence-corrected chi connectivity index (χ1v) is 4.10. The summed E-state index contributed by atoms with van der Waals surface area (Å²) in [4.78, 5) is 10.6. The van der Waals surface area contributed by atoms with Crippen molar-refractivity contribution in [2.45, 2.75) is 0 Å². The van der Waals surface area contributed by atoms with Crippen molar-refractivity contribution in [2.75, 3.05) is 0 Å². The Morgan fingerprint density at radius 2 is 1.93 bits per heavy atom. The number of aromatic carboxylic acids is 1. The number of hydrogen-bond acceptors (Lipinski definition) is 4. The lowest BCUT2D eigenvalue weighted by Gasteiger charge is -2.03. The highest BCUT2D eigenvalue weighted by atomic mass is 16.4. The molecular weight excluding hydrogens is 198 g/mol. The number of benzene rings is 1. The fraction of sp³-hybridized carbons (Fsp3) is 0. The molecule has 0 fully saturated rings. The van der Waals surface area contributed by atoms with Crippen molar-refractivity contribution in [1.29, 1.82) is 0 Å². The summed E-state index contributed by atoms with van der Waals surface area (Å²) >= 11 is 0. The Morgan fingerprint density at radius 3 is 2.47 bits per heavy atom. The maximum atomic E-state index is 10.6. The molecular formula is C9H7N3O3. The van der Waals surface area contributed by atoms with Crippen LogP contribution in [0.15, 0.2) is 30.9 Å². The van der Waals surface area contributed by atoms with Gasteiger partial charge in [-0.2, -0.15) is 0 Å². The van der Waals surface area contributed by atoms with Crippen LogP contribution < -0.4 is 0 Å². The Bertz CT molecular complexity index is 493. The van der Waals surface area contributed by atoms with Crippen molar-refractivity contribution in [1.82, 2.24) is 14.8 Å². The van der Waals surface area contributed by atoms with Crippen LogP contribution in [0.4, 0.5) is 0 Å². The van der Waals surface area contributed by atoms with Gasteiger partial charge in [-0.05, 0) is 12.1 Å². The fourth-order valence-electron chi connectivity index (χ4n) is 1.20. The van der Waals surface area contributed by atoms with E-state index in [1.807, 2.05) is 0 Å². The molecule has 0 aliphatic rings. The molecule has 0 saturated carbocycles. The third-order valence-electron chi connectivity index (χ3n) is 1.93. The van der Waals surface area contributed by atoms with E-state index in [4.69, 9.17) is 5.11 Å². The molecule has 0 unspecified atom stereocenters. The zero-order valence-electron chi connectivity index (χ0n) is 7.53. The summed E-state index contributed by atoms with van der Waals surface area (Å²) in [7, 11) is 0. The molecule has 0 radical (unpaired) electrons. The summed E-state index contributed by atoms with van der Waals surface area (Å²) in [5.41, 5.74) is 0.467. The van der Waals surface area contributed by atoms with Gasteiger partial charge in [0.2, 0.25) is 0 Å². The molecule has 0 saturated heterocycles. The van der Waals surface area contributed by atoms with Gasteiger partial charge in [-0.1, -0.05) is 0 Å². The second-order valence-electron chi connectivity index (χ2n) is 2.88. The van der Waals surface area contributed by atoms with Gasteiger partial charge in [0.05, 0.1) is 5.69 Å². The monoisotopic (exact) mass is 205 g/mol. The second-order valence-corrected chi connectivity index (χ2v) is 2.88. The molecule has 2 N–H and O–H groups in total. The number of phenols is 1. The number of aromatic nitrogens is 3. The van der Waals surface area contributed by atoms with Gasteiger partial charge in [0.25, 0.3) is 0 Å². The lowest BCUT2D eigenvalue weighted by molar-refractivity contribution is 0.0694. The number of carbonyl (C=O) groups is 1. The quantitative estimate of drug-likeness (QED) is 0.752. The Balaban J connectivity index is 2.47. The minimum absolute atomic E-state index is 0.133. The Hall–Kier alpha value is -2.37. The minimum Gasteiger partial charge on any atom is -0.507 e. The second kappa shape index (κ2) is 3.41.